The van der Waals surface area contributed by atoms with Crippen LogP contribution in [0.1, 0.15) is 112 Å². The fraction of sp³-hybridized carbons (Fsp3) is 0.237. The highest BCUT2D eigenvalue weighted by Gasteiger charge is 2.39. The van der Waals surface area contributed by atoms with Gasteiger partial charge in [-0.25, -0.2) is 0 Å². The summed E-state index contributed by atoms with van der Waals surface area (Å²) in [5.41, 5.74) is 14.7. The molecule has 8 aromatic carbocycles. The van der Waals surface area contributed by atoms with E-state index in [1.807, 2.05) is 0 Å². The molecule has 2 atom stereocenters. The van der Waals surface area contributed by atoms with E-state index in [0.717, 1.165) is 17.8 Å². The van der Waals surface area contributed by atoms with Gasteiger partial charge in [0, 0.05) is 11.0 Å². The third-order valence-corrected chi connectivity index (χ3v) is 14.7. The van der Waals surface area contributed by atoms with Crippen molar-refractivity contribution in [2.24, 2.45) is 4.99 Å². The van der Waals surface area contributed by atoms with Gasteiger partial charge in [0.05, 0.1) is 12.1 Å². The van der Waals surface area contributed by atoms with Crippen LogP contribution in [0.4, 0.5) is 0 Å². The highest BCUT2D eigenvalue weighted by atomic mass is 15.0. The van der Waals surface area contributed by atoms with E-state index in [-0.39, 0.29) is 28.3 Å². The van der Waals surface area contributed by atoms with Gasteiger partial charge in [0.15, 0.2) is 0 Å². The van der Waals surface area contributed by atoms with Crippen LogP contribution in [0.3, 0.4) is 0 Å². The molecule has 0 saturated heterocycles. The average molecular weight is 791 g/mol. The van der Waals surface area contributed by atoms with Crippen molar-refractivity contribution in [3.8, 4) is 22.3 Å². The van der Waals surface area contributed by atoms with Crippen LogP contribution in [-0.2, 0) is 16.2 Å². The van der Waals surface area contributed by atoms with Crippen molar-refractivity contribution in [3.63, 3.8) is 0 Å². The van der Waals surface area contributed by atoms with Crippen molar-refractivity contribution in [1.82, 2.24) is 5.32 Å². The van der Waals surface area contributed by atoms with Crippen molar-refractivity contribution in [2.45, 2.75) is 89.1 Å². The van der Waals surface area contributed by atoms with E-state index >= 15 is 0 Å². The Hall–Kier alpha value is -6.25. The highest BCUT2D eigenvalue weighted by Crippen LogP contribution is 2.52. The standard InChI is InChI=1S/C59H54N2/c1-57(2)33-34-58(3,4)55-48-36-46(44-29-27-37-15-10-11-18-42(37)54(44)45(48)30-32-51(55)57)38-23-25-40(26-24-38)56-60-52(39-16-8-7-9-17-39)21-14-22-53(61-56)41-28-31-50-47(35-41)43-19-12-13-20-49(43)59(50,5)6/h7-21,23-32,35-36,52-53H,22,33-34H2,1-6H3,(H,60,61)/b21-14+. The van der Waals surface area contributed by atoms with Crippen LogP contribution in [0.15, 0.2) is 169 Å². The van der Waals surface area contributed by atoms with Crippen molar-refractivity contribution in [3.05, 3.63) is 203 Å². The first-order chi connectivity index (χ1) is 29.5. The lowest BCUT2D eigenvalue weighted by Gasteiger charge is -2.42. The van der Waals surface area contributed by atoms with Gasteiger partial charge in [-0.15, -0.1) is 0 Å². The number of hydrogen-bond acceptors (Lipinski definition) is 2. The maximum Gasteiger partial charge on any atom is 0.129 e. The molecule has 61 heavy (non-hydrogen) atoms. The largest absolute Gasteiger partial charge is 0.360 e. The van der Waals surface area contributed by atoms with Gasteiger partial charge in [-0.1, -0.05) is 193 Å². The lowest BCUT2D eigenvalue weighted by Crippen LogP contribution is -2.34. The fourth-order valence-corrected chi connectivity index (χ4v) is 11.2. The third kappa shape index (κ3) is 6.09. The summed E-state index contributed by atoms with van der Waals surface area (Å²) >= 11 is 0. The van der Waals surface area contributed by atoms with Crippen LogP contribution >= 0.6 is 0 Å². The molecule has 2 nitrogen and oxygen atoms in total. The Kier molecular flexibility index (Phi) is 8.59. The van der Waals surface area contributed by atoms with E-state index in [1.165, 1.54) is 101 Å². The maximum absolute atomic E-state index is 5.63. The summed E-state index contributed by atoms with van der Waals surface area (Å²) in [6, 6.07) is 56.9. The van der Waals surface area contributed by atoms with Gasteiger partial charge >= 0.3 is 0 Å². The number of benzene rings is 8. The molecule has 8 aromatic rings. The Bertz CT molecular complexity index is 3110. The molecule has 2 heteroatoms. The molecule has 1 N–H and O–H groups in total. The summed E-state index contributed by atoms with van der Waals surface area (Å²) in [5, 5.41) is 11.9. The Morgan fingerprint density at radius 1 is 0.508 bits per heavy atom. The van der Waals surface area contributed by atoms with Crippen LogP contribution in [0, 0.1) is 0 Å². The number of aliphatic imine (C=N–C) groups is 1. The first-order valence-electron chi connectivity index (χ1n) is 22.3. The molecule has 1 aliphatic heterocycles. The van der Waals surface area contributed by atoms with Crippen LogP contribution in [0.5, 0.6) is 0 Å². The second-order valence-corrected chi connectivity index (χ2v) is 19.7. The summed E-state index contributed by atoms with van der Waals surface area (Å²) in [7, 11) is 0. The monoisotopic (exact) mass is 790 g/mol. The molecule has 1 heterocycles. The number of rotatable bonds is 4. The summed E-state index contributed by atoms with van der Waals surface area (Å²) in [4.78, 5) is 5.63. The fourth-order valence-electron chi connectivity index (χ4n) is 11.2. The topological polar surface area (TPSA) is 24.4 Å². The smallest absolute Gasteiger partial charge is 0.129 e. The number of hydrogen-bond donors (Lipinski definition) is 1. The van der Waals surface area contributed by atoms with Crippen molar-refractivity contribution >= 4 is 38.2 Å². The Labute approximate surface area is 361 Å². The zero-order valence-corrected chi connectivity index (χ0v) is 36.3. The molecular formula is C59H54N2. The second kappa shape index (κ2) is 13.9. The minimum atomic E-state index is -0.0344. The lowest BCUT2D eigenvalue weighted by molar-refractivity contribution is 0.334. The summed E-state index contributed by atoms with van der Waals surface area (Å²) < 4.78 is 0. The molecular weight excluding hydrogens is 737 g/mol. The number of fused-ring (bicyclic) bond motifs is 10. The van der Waals surface area contributed by atoms with Gasteiger partial charge in [-0.3, -0.25) is 4.99 Å². The summed E-state index contributed by atoms with van der Waals surface area (Å²) in [6.45, 7) is 14.5. The van der Waals surface area contributed by atoms with E-state index < -0.39 is 0 Å². The molecule has 0 aromatic heterocycles. The summed E-state index contributed by atoms with van der Waals surface area (Å²) in [6.07, 6.45) is 7.84. The quantitative estimate of drug-likeness (QED) is 0.139. The molecule has 3 aliphatic rings. The molecule has 0 bridgehead atoms. The normalized spacial score (nSPS) is 21.0. The van der Waals surface area contributed by atoms with Crippen LogP contribution in [0.25, 0.3) is 54.6 Å². The molecule has 2 aliphatic carbocycles. The molecule has 0 saturated carbocycles. The summed E-state index contributed by atoms with van der Waals surface area (Å²) in [5.74, 6) is 0.920. The Morgan fingerprint density at radius 3 is 2.03 bits per heavy atom. The number of amidine groups is 1. The first kappa shape index (κ1) is 37.7. The van der Waals surface area contributed by atoms with Gasteiger partial charge in [-0.2, -0.15) is 0 Å². The highest BCUT2D eigenvalue weighted by molar-refractivity contribution is 6.24. The molecule has 2 unspecified atom stereocenters. The van der Waals surface area contributed by atoms with Crippen LogP contribution < -0.4 is 5.32 Å². The maximum atomic E-state index is 5.63. The lowest BCUT2D eigenvalue weighted by atomic mass is 9.62. The van der Waals surface area contributed by atoms with Crippen molar-refractivity contribution in [1.29, 1.82) is 0 Å². The van der Waals surface area contributed by atoms with Gasteiger partial charge in [0.25, 0.3) is 0 Å². The van der Waals surface area contributed by atoms with E-state index in [9.17, 15) is 0 Å². The number of nitrogens with zero attached hydrogens (tertiary/aromatic N) is 1. The number of nitrogens with one attached hydrogen (secondary N) is 1. The van der Waals surface area contributed by atoms with E-state index in [0.29, 0.717) is 0 Å². The van der Waals surface area contributed by atoms with E-state index in [4.69, 9.17) is 4.99 Å². The molecule has 11 rings (SSSR count). The molecule has 0 fully saturated rings. The van der Waals surface area contributed by atoms with Crippen LogP contribution in [-0.4, -0.2) is 5.84 Å². The Morgan fingerprint density at radius 2 is 1.20 bits per heavy atom. The minimum Gasteiger partial charge on any atom is -0.360 e. The second-order valence-electron chi connectivity index (χ2n) is 19.7. The van der Waals surface area contributed by atoms with E-state index in [1.54, 1.807) is 0 Å². The molecule has 300 valence electrons. The predicted octanol–water partition coefficient (Wildman–Crippen LogP) is 15.2. The molecule has 0 spiro atoms. The first-order valence-corrected chi connectivity index (χ1v) is 22.3. The SMILES string of the molecule is CC1(C)CCC(C)(C)c2c1ccc1c2cc(-c2ccc(/C3=N/C(c4ccc5c(c4)-c4ccccc4C5(C)C)C/C=C/C(c4ccccc4)N3)cc2)c2ccc3ccccc3c21. The minimum absolute atomic E-state index is 0.00441. The zero-order chi connectivity index (χ0) is 41.7. The Balaban J connectivity index is 1.06. The molecule has 0 amide bonds. The van der Waals surface area contributed by atoms with Gasteiger partial charge in [0.2, 0.25) is 0 Å². The van der Waals surface area contributed by atoms with Crippen molar-refractivity contribution in [2.75, 3.05) is 0 Å². The van der Waals surface area contributed by atoms with Gasteiger partial charge in [-0.05, 0) is 130 Å². The molecule has 0 radical (unpaired) electrons. The van der Waals surface area contributed by atoms with Gasteiger partial charge in [0.1, 0.15) is 5.84 Å². The van der Waals surface area contributed by atoms with Gasteiger partial charge < -0.3 is 5.32 Å². The predicted molar refractivity (Wildman–Crippen MR) is 259 cm³/mol. The average Bonchev–Trinajstić information content (AvgIpc) is 3.50. The van der Waals surface area contributed by atoms with Crippen molar-refractivity contribution < 1.29 is 0 Å². The van der Waals surface area contributed by atoms with Crippen LogP contribution in [0.2, 0.25) is 0 Å². The zero-order valence-electron chi connectivity index (χ0n) is 36.3. The van der Waals surface area contributed by atoms with E-state index in [2.05, 4.69) is 211 Å². The third-order valence-electron chi connectivity index (χ3n) is 14.7.